The van der Waals surface area contributed by atoms with Gasteiger partial charge in [0.1, 0.15) is 11.3 Å². The molecule has 0 aliphatic heterocycles. The quantitative estimate of drug-likeness (QED) is 0.784. The molecule has 5 nitrogen and oxygen atoms in total. The van der Waals surface area contributed by atoms with Gasteiger partial charge in [-0.25, -0.2) is 10.1 Å². The Morgan fingerprint density at radius 3 is 2.90 bits per heavy atom. The summed E-state index contributed by atoms with van der Waals surface area (Å²) in [4.78, 5) is 16.2. The average Bonchev–Trinajstić information content (AvgIpc) is 2.47. The molecule has 2 aromatic heterocycles. The number of methoxy groups -OCH3 is 1. The van der Waals surface area contributed by atoms with Crippen LogP contribution in [-0.2, 0) is 0 Å². The van der Waals surface area contributed by atoms with Gasteiger partial charge in [0.2, 0.25) is 0 Å². The van der Waals surface area contributed by atoms with Gasteiger partial charge in [-0.1, -0.05) is 15.9 Å². The highest BCUT2D eigenvalue weighted by Crippen LogP contribution is 2.31. The van der Waals surface area contributed by atoms with E-state index in [1.165, 1.54) is 0 Å². The highest BCUT2D eigenvalue weighted by atomic mass is 79.9. The Bertz CT molecular complexity index is 845. The fraction of sp³-hybridized carbons (Fsp3) is 0.0714. The second kappa shape index (κ2) is 5.05. The lowest BCUT2D eigenvalue weighted by Gasteiger charge is -2.09. The number of fused-ring (bicyclic) bond motifs is 1. The van der Waals surface area contributed by atoms with E-state index in [0.29, 0.717) is 22.3 Å². The molecule has 0 aliphatic rings. The van der Waals surface area contributed by atoms with Gasteiger partial charge in [0.25, 0.3) is 5.56 Å². The zero-order valence-electron chi connectivity index (χ0n) is 10.6. The zero-order chi connectivity index (χ0) is 14.1. The molecule has 0 fully saturated rings. The van der Waals surface area contributed by atoms with E-state index in [1.54, 1.807) is 13.3 Å². The maximum Gasteiger partial charge on any atom is 0.290 e. The van der Waals surface area contributed by atoms with Crippen molar-refractivity contribution >= 4 is 26.8 Å². The summed E-state index contributed by atoms with van der Waals surface area (Å²) in [6.07, 6.45) is 1.58. The number of hydrogen-bond donors (Lipinski definition) is 1. The Kier molecular flexibility index (Phi) is 3.23. The summed E-state index contributed by atoms with van der Waals surface area (Å²) in [5, 5.41) is 6.84. The van der Waals surface area contributed by atoms with Crippen LogP contribution in [-0.4, -0.2) is 22.3 Å². The van der Waals surface area contributed by atoms with Crippen molar-refractivity contribution in [3.05, 3.63) is 51.4 Å². The summed E-state index contributed by atoms with van der Waals surface area (Å²) >= 11 is 3.40. The number of benzene rings is 1. The first-order chi connectivity index (χ1) is 9.69. The molecule has 1 N–H and O–H groups in total. The topological polar surface area (TPSA) is 67.9 Å². The van der Waals surface area contributed by atoms with E-state index >= 15 is 0 Å². The molecule has 0 radical (unpaired) electrons. The SMILES string of the molecule is COc1cc(Br)ccc1-c1ccc2cn[nH]c(=O)c2n1. The number of hydrogen-bond acceptors (Lipinski definition) is 4. The summed E-state index contributed by atoms with van der Waals surface area (Å²) in [5.74, 6) is 0.691. The lowest BCUT2D eigenvalue weighted by atomic mass is 10.1. The van der Waals surface area contributed by atoms with Crippen LogP contribution in [0.25, 0.3) is 22.2 Å². The average molecular weight is 332 g/mol. The molecule has 3 rings (SSSR count). The van der Waals surface area contributed by atoms with Gasteiger partial charge in [-0.3, -0.25) is 4.79 Å². The summed E-state index contributed by atoms with van der Waals surface area (Å²) in [6.45, 7) is 0. The number of ether oxygens (including phenoxy) is 1. The van der Waals surface area contributed by atoms with Crippen LogP contribution < -0.4 is 10.3 Å². The minimum atomic E-state index is -0.305. The van der Waals surface area contributed by atoms with Crippen LogP contribution in [0.2, 0.25) is 0 Å². The molecule has 2 heterocycles. The van der Waals surface area contributed by atoms with Crippen LogP contribution in [0.1, 0.15) is 0 Å². The highest BCUT2D eigenvalue weighted by Gasteiger charge is 2.09. The van der Waals surface area contributed by atoms with Crippen molar-refractivity contribution < 1.29 is 4.74 Å². The van der Waals surface area contributed by atoms with Gasteiger partial charge in [0, 0.05) is 15.4 Å². The van der Waals surface area contributed by atoms with Crippen molar-refractivity contribution in [1.29, 1.82) is 0 Å². The number of rotatable bonds is 2. The maximum absolute atomic E-state index is 11.8. The molecule has 0 unspecified atom stereocenters. The van der Waals surface area contributed by atoms with Crippen LogP contribution in [0.3, 0.4) is 0 Å². The Balaban J connectivity index is 2.25. The number of nitrogens with zero attached hydrogens (tertiary/aromatic N) is 2. The number of halogens is 1. The predicted molar refractivity (Wildman–Crippen MR) is 79.8 cm³/mol. The second-order valence-corrected chi connectivity index (χ2v) is 5.09. The molecule has 0 aliphatic carbocycles. The summed E-state index contributed by atoms with van der Waals surface area (Å²) in [5.41, 5.74) is 1.57. The molecule has 0 saturated carbocycles. The van der Waals surface area contributed by atoms with E-state index in [0.717, 1.165) is 10.0 Å². The van der Waals surface area contributed by atoms with Crippen molar-refractivity contribution in [3.8, 4) is 17.0 Å². The molecule has 0 amide bonds. The molecule has 20 heavy (non-hydrogen) atoms. The smallest absolute Gasteiger partial charge is 0.290 e. The third kappa shape index (κ3) is 2.18. The van der Waals surface area contributed by atoms with Gasteiger partial charge in [0.05, 0.1) is 19.0 Å². The van der Waals surface area contributed by atoms with Gasteiger partial charge < -0.3 is 4.74 Å². The number of aromatic nitrogens is 3. The number of nitrogens with one attached hydrogen (secondary N) is 1. The lowest BCUT2D eigenvalue weighted by molar-refractivity contribution is 0.416. The van der Waals surface area contributed by atoms with Gasteiger partial charge in [-0.15, -0.1) is 0 Å². The molecule has 1 aromatic carbocycles. The number of H-pyrrole nitrogens is 1. The molecular weight excluding hydrogens is 322 g/mol. The van der Waals surface area contributed by atoms with E-state index < -0.39 is 0 Å². The Labute approximate surface area is 122 Å². The van der Waals surface area contributed by atoms with E-state index in [4.69, 9.17) is 4.74 Å². The van der Waals surface area contributed by atoms with Crippen molar-refractivity contribution in [1.82, 2.24) is 15.2 Å². The first-order valence-electron chi connectivity index (χ1n) is 5.87. The normalized spacial score (nSPS) is 10.7. The predicted octanol–water partition coefficient (Wildman–Crippen LogP) is 2.76. The van der Waals surface area contributed by atoms with Crippen LogP contribution in [0.4, 0.5) is 0 Å². The van der Waals surface area contributed by atoms with Gasteiger partial charge in [0.15, 0.2) is 0 Å². The van der Waals surface area contributed by atoms with Gasteiger partial charge in [-0.2, -0.15) is 5.10 Å². The molecule has 6 heteroatoms. The summed E-state index contributed by atoms with van der Waals surface area (Å²) in [6, 6.07) is 9.32. The molecule has 100 valence electrons. The fourth-order valence-corrected chi connectivity index (χ4v) is 2.34. The molecule has 0 bridgehead atoms. The van der Waals surface area contributed by atoms with Crippen LogP contribution in [0, 0.1) is 0 Å². The van der Waals surface area contributed by atoms with E-state index in [2.05, 4.69) is 31.1 Å². The molecule has 0 saturated heterocycles. The Morgan fingerprint density at radius 2 is 2.10 bits per heavy atom. The van der Waals surface area contributed by atoms with E-state index in [-0.39, 0.29) is 5.56 Å². The molecule has 0 atom stereocenters. The largest absolute Gasteiger partial charge is 0.496 e. The summed E-state index contributed by atoms with van der Waals surface area (Å²) in [7, 11) is 1.60. The van der Waals surface area contributed by atoms with Crippen LogP contribution in [0.5, 0.6) is 5.75 Å². The Hall–Kier alpha value is -2.21. The maximum atomic E-state index is 11.8. The van der Waals surface area contributed by atoms with E-state index in [1.807, 2.05) is 30.3 Å². The lowest BCUT2D eigenvalue weighted by Crippen LogP contribution is -2.09. The second-order valence-electron chi connectivity index (χ2n) is 4.18. The molecule has 3 aromatic rings. The van der Waals surface area contributed by atoms with Crippen molar-refractivity contribution in [3.63, 3.8) is 0 Å². The van der Waals surface area contributed by atoms with Gasteiger partial charge >= 0.3 is 0 Å². The number of pyridine rings is 1. The van der Waals surface area contributed by atoms with Crippen molar-refractivity contribution in [2.24, 2.45) is 0 Å². The van der Waals surface area contributed by atoms with Crippen LogP contribution >= 0.6 is 15.9 Å². The first kappa shape index (κ1) is 12.8. The van der Waals surface area contributed by atoms with Gasteiger partial charge in [-0.05, 0) is 30.3 Å². The third-order valence-electron chi connectivity index (χ3n) is 2.95. The summed E-state index contributed by atoms with van der Waals surface area (Å²) < 4.78 is 6.27. The van der Waals surface area contributed by atoms with E-state index in [9.17, 15) is 4.79 Å². The standard InChI is InChI=1S/C14H10BrN3O2/c1-20-12-6-9(15)3-4-10(12)11-5-2-8-7-16-18-14(19)13(8)17-11/h2-7H,1H3,(H,18,19). The Morgan fingerprint density at radius 1 is 1.25 bits per heavy atom. The van der Waals surface area contributed by atoms with Crippen LogP contribution in [0.15, 0.2) is 45.8 Å². The molecule has 0 spiro atoms. The number of aromatic amines is 1. The first-order valence-corrected chi connectivity index (χ1v) is 6.66. The third-order valence-corrected chi connectivity index (χ3v) is 3.44. The minimum absolute atomic E-state index is 0.305. The highest BCUT2D eigenvalue weighted by molar-refractivity contribution is 9.10. The zero-order valence-corrected chi connectivity index (χ0v) is 12.1. The van der Waals surface area contributed by atoms with Crippen molar-refractivity contribution in [2.75, 3.05) is 7.11 Å². The fourth-order valence-electron chi connectivity index (χ4n) is 2.00. The van der Waals surface area contributed by atoms with Crippen molar-refractivity contribution in [2.45, 2.75) is 0 Å². The minimum Gasteiger partial charge on any atom is -0.496 e. The molecular formula is C14H10BrN3O2. The monoisotopic (exact) mass is 331 g/mol.